The van der Waals surface area contributed by atoms with Crippen LogP contribution in [-0.2, 0) is 10.0 Å². The summed E-state index contributed by atoms with van der Waals surface area (Å²) in [6, 6.07) is 8.59. The molecule has 2 rings (SSSR count). The van der Waals surface area contributed by atoms with Crippen LogP contribution in [0.2, 0.25) is 0 Å². The lowest BCUT2D eigenvalue weighted by Gasteiger charge is -2.27. The minimum Gasteiger partial charge on any atom is -0.380 e. The number of para-hydroxylation sites is 1. The van der Waals surface area contributed by atoms with E-state index in [0.717, 1.165) is 0 Å². The molecule has 0 aliphatic carbocycles. The molecule has 20 heavy (non-hydrogen) atoms. The molecule has 2 aromatic rings. The van der Waals surface area contributed by atoms with Gasteiger partial charge in [0.15, 0.2) is 16.5 Å². The first-order chi connectivity index (χ1) is 9.35. The van der Waals surface area contributed by atoms with Gasteiger partial charge in [-0.1, -0.05) is 23.4 Å². The molecule has 0 aliphatic rings. The fourth-order valence-corrected chi connectivity index (χ4v) is 3.94. The number of nitrogens with zero attached hydrogens (tertiary/aromatic N) is 2. The van der Waals surface area contributed by atoms with Gasteiger partial charge < -0.3 is 10.3 Å². The van der Waals surface area contributed by atoms with E-state index in [-0.39, 0.29) is 22.5 Å². The molecule has 0 spiro atoms. The topological polar surface area (TPSA) is 89.4 Å². The van der Waals surface area contributed by atoms with Crippen molar-refractivity contribution in [2.45, 2.75) is 31.7 Å². The Bertz CT molecular complexity index is 673. The molecule has 108 valence electrons. The van der Waals surface area contributed by atoms with Gasteiger partial charge in [0.1, 0.15) is 0 Å². The molecule has 0 unspecified atom stereocenters. The van der Waals surface area contributed by atoms with Crippen LogP contribution in [0, 0.1) is 6.92 Å². The van der Waals surface area contributed by atoms with Gasteiger partial charge in [0, 0.05) is 6.04 Å². The Hall–Kier alpha value is -2.02. The second-order valence-corrected chi connectivity index (χ2v) is 6.44. The predicted molar refractivity (Wildman–Crippen MR) is 76.9 cm³/mol. The number of rotatable bonds is 4. The molecule has 0 aliphatic heterocycles. The molecule has 1 aromatic carbocycles. The van der Waals surface area contributed by atoms with Gasteiger partial charge in [-0.25, -0.2) is 8.42 Å². The Labute approximate surface area is 118 Å². The summed E-state index contributed by atoms with van der Waals surface area (Å²) in [5.74, 6) is 0.0631. The maximum absolute atomic E-state index is 12.8. The summed E-state index contributed by atoms with van der Waals surface area (Å²) < 4.78 is 31.8. The van der Waals surface area contributed by atoms with Crippen molar-refractivity contribution in [2.24, 2.45) is 0 Å². The zero-order chi connectivity index (χ0) is 14.9. The highest BCUT2D eigenvalue weighted by Crippen LogP contribution is 2.30. The number of benzene rings is 1. The van der Waals surface area contributed by atoms with E-state index in [4.69, 9.17) is 10.3 Å². The standard InChI is InChI=1S/C13H17N3O3S/c1-9(2)16(11-7-5-4-6-8-11)20(17,18)12-10(3)19-15-13(12)14/h4-9H,1-3H3,(H2,14,15). The van der Waals surface area contributed by atoms with E-state index < -0.39 is 10.0 Å². The Morgan fingerprint density at radius 2 is 1.85 bits per heavy atom. The quantitative estimate of drug-likeness (QED) is 0.933. The third-order valence-electron chi connectivity index (χ3n) is 2.83. The minimum atomic E-state index is -3.82. The smallest absolute Gasteiger partial charge is 0.271 e. The average molecular weight is 295 g/mol. The van der Waals surface area contributed by atoms with Gasteiger partial charge in [0.05, 0.1) is 5.69 Å². The summed E-state index contributed by atoms with van der Waals surface area (Å²) in [6.45, 7) is 5.12. The summed E-state index contributed by atoms with van der Waals surface area (Å²) in [5, 5.41) is 3.51. The molecule has 1 heterocycles. The summed E-state index contributed by atoms with van der Waals surface area (Å²) >= 11 is 0. The number of sulfonamides is 1. The molecular formula is C13H17N3O3S. The minimum absolute atomic E-state index is 0.0740. The third kappa shape index (κ3) is 2.36. The average Bonchev–Trinajstić information content (AvgIpc) is 2.70. The van der Waals surface area contributed by atoms with E-state index in [9.17, 15) is 8.42 Å². The maximum atomic E-state index is 12.8. The van der Waals surface area contributed by atoms with Crippen molar-refractivity contribution in [1.82, 2.24) is 5.16 Å². The van der Waals surface area contributed by atoms with Crippen LogP contribution < -0.4 is 10.0 Å². The van der Waals surface area contributed by atoms with Crippen LogP contribution in [0.25, 0.3) is 0 Å². The van der Waals surface area contributed by atoms with E-state index in [1.54, 1.807) is 38.1 Å². The maximum Gasteiger partial charge on any atom is 0.271 e. The van der Waals surface area contributed by atoms with Crippen LogP contribution in [-0.4, -0.2) is 19.6 Å². The van der Waals surface area contributed by atoms with Gasteiger partial charge in [0.25, 0.3) is 10.0 Å². The van der Waals surface area contributed by atoms with Crippen LogP contribution in [0.15, 0.2) is 39.8 Å². The number of hydrogen-bond donors (Lipinski definition) is 1. The van der Waals surface area contributed by atoms with Crippen LogP contribution in [0.5, 0.6) is 0 Å². The van der Waals surface area contributed by atoms with Crippen LogP contribution in [0.4, 0.5) is 11.5 Å². The molecule has 7 heteroatoms. The Kier molecular flexibility index (Phi) is 3.71. The zero-order valence-electron chi connectivity index (χ0n) is 11.6. The fourth-order valence-electron chi connectivity index (χ4n) is 2.08. The highest BCUT2D eigenvalue weighted by molar-refractivity contribution is 7.93. The van der Waals surface area contributed by atoms with Crippen molar-refractivity contribution in [1.29, 1.82) is 0 Å². The van der Waals surface area contributed by atoms with Gasteiger partial charge in [0.2, 0.25) is 0 Å². The highest BCUT2D eigenvalue weighted by Gasteiger charge is 2.33. The number of hydrogen-bond acceptors (Lipinski definition) is 5. The molecule has 0 amide bonds. The second kappa shape index (κ2) is 5.16. The van der Waals surface area contributed by atoms with Crippen molar-refractivity contribution in [3.63, 3.8) is 0 Å². The van der Waals surface area contributed by atoms with Crippen LogP contribution >= 0.6 is 0 Å². The first-order valence-electron chi connectivity index (χ1n) is 6.17. The molecule has 0 saturated heterocycles. The molecule has 0 atom stereocenters. The number of aryl methyl sites for hydroxylation is 1. The van der Waals surface area contributed by atoms with E-state index in [1.165, 1.54) is 11.2 Å². The van der Waals surface area contributed by atoms with E-state index in [0.29, 0.717) is 5.69 Å². The Balaban J connectivity index is 2.61. The van der Waals surface area contributed by atoms with Crippen molar-refractivity contribution in [3.05, 3.63) is 36.1 Å². The summed E-state index contributed by atoms with van der Waals surface area (Å²) in [6.07, 6.45) is 0. The van der Waals surface area contributed by atoms with Gasteiger partial charge in [-0.3, -0.25) is 4.31 Å². The summed E-state index contributed by atoms with van der Waals surface area (Å²) in [5.41, 5.74) is 6.20. The molecule has 0 saturated carbocycles. The van der Waals surface area contributed by atoms with Crippen LogP contribution in [0.1, 0.15) is 19.6 Å². The first-order valence-corrected chi connectivity index (χ1v) is 7.61. The van der Waals surface area contributed by atoms with Crippen molar-refractivity contribution in [2.75, 3.05) is 10.0 Å². The molecule has 6 nitrogen and oxygen atoms in total. The van der Waals surface area contributed by atoms with Crippen molar-refractivity contribution < 1.29 is 12.9 Å². The van der Waals surface area contributed by atoms with Crippen LogP contribution in [0.3, 0.4) is 0 Å². The Morgan fingerprint density at radius 3 is 2.30 bits per heavy atom. The largest absolute Gasteiger partial charge is 0.380 e. The lowest BCUT2D eigenvalue weighted by Crippen LogP contribution is -2.37. The van der Waals surface area contributed by atoms with E-state index in [1.807, 2.05) is 6.07 Å². The fraction of sp³-hybridized carbons (Fsp3) is 0.308. The molecular weight excluding hydrogens is 278 g/mol. The van der Waals surface area contributed by atoms with Gasteiger partial charge >= 0.3 is 0 Å². The highest BCUT2D eigenvalue weighted by atomic mass is 32.2. The molecule has 0 radical (unpaired) electrons. The normalized spacial score (nSPS) is 11.8. The van der Waals surface area contributed by atoms with Crippen molar-refractivity contribution in [3.8, 4) is 0 Å². The predicted octanol–water partition coefficient (Wildman–Crippen LogP) is 2.17. The number of nitrogen functional groups attached to an aromatic ring is 1. The second-order valence-electron chi connectivity index (χ2n) is 4.68. The summed E-state index contributed by atoms with van der Waals surface area (Å²) in [7, 11) is -3.82. The number of nitrogens with two attached hydrogens (primary N) is 1. The van der Waals surface area contributed by atoms with Crippen molar-refractivity contribution >= 4 is 21.5 Å². The van der Waals surface area contributed by atoms with Gasteiger partial charge in [-0.15, -0.1) is 0 Å². The third-order valence-corrected chi connectivity index (χ3v) is 4.99. The molecule has 1 aromatic heterocycles. The lowest BCUT2D eigenvalue weighted by molar-refractivity contribution is 0.396. The van der Waals surface area contributed by atoms with E-state index in [2.05, 4.69) is 5.16 Å². The zero-order valence-corrected chi connectivity index (χ0v) is 12.4. The molecule has 0 bridgehead atoms. The summed E-state index contributed by atoms with van der Waals surface area (Å²) in [4.78, 5) is -0.0740. The number of anilines is 2. The van der Waals surface area contributed by atoms with Gasteiger partial charge in [-0.2, -0.15) is 0 Å². The number of aromatic nitrogens is 1. The molecule has 2 N–H and O–H groups in total. The van der Waals surface area contributed by atoms with E-state index >= 15 is 0 Å². The Morgan fingerprint density at radius 1 is 1.25 bits per heavy atom. The monoisotopic (exact) mass is 295 g/mol. The molecule has 0 fully saturated rings. The SMILES string of the molecule is Cc1onc(N)c1S(=O)(=O)N(c1ccccc1)C(C)C. The van der Waals surface area contributed by atoms with Gasteiger partial charge in [-0.05, 0) is 32.9 Å². The first kappa shape index (κ1) is 14.4. The lowest BCUT2D eigenvalue weighted by atomic mass is 10.3.